The predicted molar refractivity (Wildman–Crippen MR) is 106 cm³/mol. The lowest BCUT2D eigenvalue weighted by Crippen LogP contribution is -2.33. The van der Waals surface area contributed by atoms with Gasteiger partial charge in [0.25, 0.3) is 0 Å². The van der Waals surface area contributed by atoms with Gasteiger partial charge in [0.15, 0.2) is 0 Å². The van der Waals surface area contributed by atoms with Gasteiger partial charge in [-0.15, -0.1) is 0 Å². The first kappa shape index (κ1) is 19.9. The Morgan fingerprint density at radius 2 is 2.04 bits per heavy atom. The van der Waals surface area contributed by atoms with Crippen molar-refractivity contribution in [2.24, 2.45) is 0 Å². The highest BCUT2D eigenvalue weighted by Gasteiger charge is 2.37. The van der Waals surface area contributed by atoms with Gasteiger partial charge in [0.2, 0.25) is 0 Å². The van der Waals surface area contributed by atoms with Gasteiger partial charge in [-0.05, 0) is 23.5 Å². The summed E-state index contributed by atoms with van der Waals surface area (Å²) >= 11 is 8.32. The van der Waals surface area contributed by atoms with Crippen LogP contribution in [0.4, 0.5) is 0 Å². The van der Waals surface area contributed by atoms with Crippen LogP contribution in [0, 0.1) is 0 Å². The number of ether oxygens (including phenoxy) is 2. The van der Waals surface area contributed by atoms with Crippen LogP contribution in [0.5, 0.6) is 0 Å². The quantitative estimate of drug-likeness (QED) is 0.439. The van der Waals surface area contributed by atoms with Crippen LogP contribution >= 0.6 is 34.2 Å². The van der Waals surface area contributed by atoms with Gasteiger partial charge in [-0.2, -0.15) is 0 Å². The van der Waals surface area contributed by atoms with Crippen molar-refractivity contribution >= 4 is 45.2 Å². The van der Waals surface area contributed by atoms with E-state index in [1.807, 2.05) is 52.9 Å². The Balaban J connectivity index is 2.28. The van der Waals surface area contributed by atoms with Crippen molar-refractivity contribution in [3.8, 4) is 0 Å². The molecule has 0 amide bonds. The number of methoxy groups -OCH3 is 1. The molecular formula is C18H20ClIN2O3. The number of hydrogen-bond donors (Lipinski definition) is 0. The monoisotopic (exact) mass is 474 g/mol. The highest BCUT2D eigenvalue weighted by Crippen LogP contribution is 2.33. The van der Waals surface area contributed by atoms with E-state index in [0.29, 0.717) is 23.0 Å². The molecule has 0 spiro atoms. The van der Waals surface area contributed by atoms with Crippen LogP contribution in [0.3, 0.4) is 0 Å². The Labute approximate surface area is 166 Å². The van der Waals surface area contributed by atoms with Crippen LogP contribution in [0.2, 0.25) is 0 Å². The maximum absolute atomic E-state index is 12.3. The normalized spacial score (nSPS) is 12.3. The number of aromatic nitrogens is 2. The van der Waals surface area contributed by atoms with Crippen molar-refractivity contribution in [3.63, 3.8) is 0 Å². The van der Waals surface area contributed by atoms with Crippen LogP contribution in [-0.4, -0.2) is 22.6 Å². The average Bonchev–Trinajstić information content (AvgIpc) is 3.06. The number of nitrogens with zero attached hydrogens (tertiary/aromatic N) is 2. The van der Waals surface area contributed by atoms with E-state index in [0.717, 1.165) is 5.56 Å². The van der Waals surface area contributed by atoms with Crippen LogP contribution < -0.4 is 0 Å². The van der Waals surface area contributed by atoms with Crippen LogP contribution in [-0.2, 0) is 33.0 Å². The molecule has 134 valence electrons. The lowest BCUT2D eigenvalue weighted by atomic mass is 9.87. The van der Waals surface area contributed by atoms with E-state index in [1.165, 1.54) is 7.11 Å². The highest BCUT2D eigenvalue weighted by molar-refractivity contribution is 14.1. The summed E-state index contributed by atoms with van der Waals surface area (Å²) in [6, 6.07) is 9.87. The zero-order valence-corrected chi connectivity index (χ0v) is 17.2. The molecule has 5 nitrogen and oxygen atoms in total. The maximum Gasteiger partial charge on any atom is 0.317 e. The maximum atomic E-state index is 12.3. The molecule has 0 fully saturated rings. The fourth-order valence-corrected chi connectivity index (χ4v) is 2.98. The van der Waals surface area contributed by atoms with E-state index in [-0.39, 0.29) is 12.7 Å². The van der Waals surface area contributed by atoms with E-state index >= 15 is 0 Å². The van der Waals surface area contributed by atoms with Gasteiger partial charge in [0.05, 0.1) is 30.8 Å². The van der Waals surface area contributed by atoms with Crippen molar-refractivity contribution in [2.45, 2.75) is 32.6 Å². The molecule has 0 saturated carbocycles. The summed E-state index contributed by atoms with van der Waals surface area (Å²) in [5.74, 6) is -0.364. The molecular weight excluding hydrogens is 455 g/mol. The molecule has 1 aromatic heterocycles. The molecule has 0 aliphatic rings. The Morgan fingerprint density at radius 1 is 1.36 bits per heavy atom. The van der Waals surface area contributed by atoms with Gasteiger partial charge in [0, 0.05) is 0 Å². The number of benzene rings is 1. The molecule has 1 aromatic carbocycles. The summed E-state index contributed by atoms with van der Waals surface area (Å²) in [5.41, 5.74) is 1.36. The Bertz CT molecular complexity index is 757. The van der Waals surface area contributed by atoms with Crippen LogP contribution in [0.15, 0.2) is 40.7 Å². The molecule has 0 bridgehead atoms. The first-order valence-corrected chi connectivity index (χ1v) is 9.26. The lowest BCUT2D eigenvalue weighted by molar-refractivity contribution is -0.146. The molecule has 0 aliphatic carbocycles. The zero-order chi connectivity index (χ0) is 18.4. The molecule has 0 unspecified atom stereocenters. The molecule has 0 aliphatic heterocycles. The van der Waals surface area contributed by atoms with E-state index in [1.54, 1.807) is 28.8 Å². The number of hydrogen-bond acceptors (Lipinski definition) is 4. The summed E-state index contributed by atoms with van der Waals surface area (Å²) < 4.78 is 14.2. The predicted octanol–water partition coefficient (Wildman–Crippen LogP) is 4.48. The van der Waals surface area contributed by atoms with Gasteiger partial charge in [0.1, 0.15) is 17.8 Å². The SMILES string of the molecule is COC(=O)C(C)(C)c1c(/C(Cl)=C\I)ncn1COCc1ccccc1. The van der Waals surface area contributed by atoms with Crippen molar-refractivity contribution in [1.29, 1.82) is 0 Å². The zero-order valence-electron chi connectivity index (χ0n) is 14.3. The fraction of sp³-hybridized carbons (Fsp3) is 0.333. The van der Waals surface area contributed by atoms with E-state index in [9.17, 15) is 4.79 Å². The minimum atomic E-state index is -0.920. The van der Waals surface area contributed by atoms with Crippen molar-refractivity contribution in [1.82, 2.24) is 9.55 Å². The summed E-state index contributed by atoms with van der Waals surface area (Å²) in [6.45, 7) is 4.28. The van der Waals surface area contributed by atoms with Crippen molar-refractivity contribution < 1.29 is 14.3 Å². The summed E-state index contributed by atoms with van der Waals surface area (Å²) in [6.07, 6.45) is 1.63. The minimum Gasteiger partial charge on any atom is -0.468 e. The number of carbonyl (C=O) groups is 1. The molecule has 2 rings (SSSR count). The Hall–Kier alpha value is -1.38. The summed E-state index contributed by atoms with van der Waals surface area (Å²) in [5, 5.41) is 0.467. The van der Waals surface area contributed by atoms with Gasteiger partial charge < -0.3 is 14.0 Å². The van der Waals surface area contributed by atoms with Crippen LogP contribution in [0.1, 0.15) is 30.8 Å². The van der Waals surface area contributed by atoms with Crippen molar-refractivity contribution in [2.75, 3.05) is 7.11 Å². The molecule has 2 aromatic rings. The highest BCUT2D eigenvalue weighted by atomic mass is 127. The number of halogens is 2. The van der Waals surface area contributed by atoms with Gasteiger partial charge in [-0.25, -0.2) is 4.98 Å². The number of esters is 1. The first-order valence-electron chi connectivity index (χ1n) is 7.63. The Kier molecular flexibility index (Phi) is 7.04. The third kappa shape index (κ3) is 4.62. The van der Waals surface area contributed by atoms with E-state index < -0.39 is 5.41 Å². The molecule has 0 N–H and O–H groups in total. The molecule has 0 radical (unpaired) electrons. The van der Waals surface area contributed by atoms with Crippen LogP contribution in [0.25, 0.3) is 5.03 Å². The molecule has 0 saturated heterocycles. The van der Waals surface area contributed by atoms with Crippen molar-refractivity contribution in [3.05, 3.63) is 57.7 Å². The average molecular weight is 475 g/mol. The number of carbonyl (C=O) groups excluding carboxylic acids is 1. The van der Waals surface area contributed by atoms with Gasteiger partial charge >= 0.3 is 5.97 Å². The topological polar surface area (TPSA) is 53.3 Å². The third-order valence-electron chi connectivity index (χ3n) is 3.79. The molecule has 7 heteroatoms. The smallest absolute Gasteiger partial charge is 0.317 e. The summed E-state index contributed by atoms with van der Waals surface area (Å²) in [4.78, 5) is 16.6. The fourth-order valence-electron chi connectivity index (χ4n) is 2.55. The van der Waals surface area contributed by atoms with Gasteiger partial charge in [-0.1, -0.05) is 64.5 Å². The molecule has 1 heterocycles. The minimum absolute atomic E-state index is 0.253. The largest absolute Gasteiger partial charge is 0.468 e. The second-order valence-electron chi connectivity index (χ2n) is 5.95. The molecule has 0 atom stereocenters. The lowest BCUT2D eigenvalue weighted by Gasteiger charge is -2.24. The Morgan fingerprint density at radius 3 is 2.64 bits per heavy atom. The van der Waals surface area contributed by atoms with E-state index in [2.05, 4.69) is 4.98 Å². The second-order valence-corrected chi connectivity index (χ2v) is 6.98. The second kappa shape index (κ2) is 8.82. The number of imidazole rings is 1. The number of rotatable bonds is 7. The first-order chi connectivity index (χ1) is 11.9. The summed E-state index contributed by atoms with van der Waals surface area (Å²) in [7, 11) is 1.37. The standard InChI is InChI=1S/C18H20ClIN2O3/c1-18(2,17(23)24-3)16-15(14(19)9-20)21-11-22(16)12-25-10-13-7-5-4-6-8-13/h4-9,11H,10,12H2,1-3H3/b14-9+. The van der Waals surface area contributed by atoms with E-state index in [4.69, 9.17) is 21.1 Å². The van der Waals surface area contributed by atoms with Gasteiger partial charge in [-0.3, -0.25) is 4.79 Å². The third-order valence-corrected chi connectivity index (χ3v) is 5.07. The molecule has 25 heavy (non-hydrogen) atoms.